The second-order valence-electron chi connectivity index (χ2n) is 13.9. The van der Waals surface area contributed by atoms with E-state index >= 15 is 0 Å². The lowest BCUT2D eigenvalue weighted by atomic mass is 9.83. The number of amides is 2. The molecule has 6 aromatic rings. The van der Waals surface area contributed by atoms with Crippen molar-refractivity contribution < 1.29 is 33.4 Å². The average molecular weight is 670 g/mol. The zero-order valence-corrected chi connectivity index (χ0v) is 29.0. The van der Waals surface area contributed by atoms with Gasteiger partial charge in [0.05, 0.1) is 24.3 Å². The summed E-state index contributed by atoms with van der Waals surface area (Å²) in [4.78, 5) is 53.8. The fraction of sp³-hybridized carbons (Fsp3) is 0.286. The summed E-state index contributed by atoms with van der Waals surface area (Å²) in [6.07, 6.45) is 3.09. The van der Waals surface area contributed by atoms with Gasteiger partial charge >= 0.3 is 11.9 Å². The minimum absolute atomic E-state index is 0.0661. The number of imide groups is 1. The van der Waals surface area contributed by atoms with Gasteiger partial charge in [0.15, 0.2) is 0 Å². The van der Waals surface area contributed by atoms with Gasteiger partial charge < -0.3 is 14.2 Å². The SMILES string of the molecule is CCCCOC(=O)c1ccc2c3ccc4c5c(ccc(c6c(Oc7ccc(C(C)(C)C)cc7)cc(C(=O)OCCCC)c1c26)c53)C(=O)NC4=O. The fourth-order valence-corrected chi connectivity index (χ4v) is 6.91. The highest BCUT2D eigenvalue weighted by Crippen LogP contribution is 2.49. The van der Waals surface area contributed by atoms with Crippen LogP contribution in [0.3, 0.4) is 0 Å². The van der Waals surface area contributed by atoms with Crippen LogP contribution in [0.4, 0.5) is 0 Å². The van der Waals surface area contributed by atoms with Gasteiger partial charge in [0.2, 0.25) is 0 Å². The van der Waals surface area contributed by atoms with Gasteiger partial charge in [-0.25, -0.2) is 9.59 Å². The number of carbonyl (C=O) groups excluding carboxylic acids is 4. The Morgan fingerprint density at radius 2 is 1.18 bits per heavy atom. The Hall–Kier alpha value is -5.50. The molecule has 2 amide bonds. The third-order valence-corrected chi connectivity index (χ3v) is 9.53. The molecule has 0 unspecified atom stereocenters. The molecule has 7 rings (SSSR count). The molecule has 50 heavy (non-hydrogen) atoms. The highest BCUT2D eigenvalue weighted by molar-refractivity contribution is 6.40. The van der Waals surface area contributed by atoms with Crippen LogP contribution in [0, 0.1) is 0 Å². The number of unbranched alkanes of at least 4 members (excludes halogenated alkanes) is 2. The number of rotatable bonds is 10. The van der Waals surface area contributed by atoms with E-state index in [4.69, 9.17) is 14.2 Å². The van der Waals surface area contributed by atoms with Crippen molar-refractivity contribution in [1.29, 1.82) is 0 Å². The van der Waals surface area contributed by atoms with Crippen LogP contribution in [-0.4, -0.2) is 37.0 Å². The number of benzene rings is 6. The molecule has 0 spiro atoms. The lowest BCUT2D eigenvalue weighted by Gasteiger charge is -2.24. The topological polar surface area (TPSA) is 108 Å². The highest BCUT2D eigenvalue weighted by atomic mass is 16.5. The number of fused-ring (bicyclic) bond motifs is 2. The molecule has 1 heterocycles. The second kappa shape index (κ2) is 12.8. The van der Waals surface area contributed by atoms with Gasteiger partial charge in [0.1, 0.15) is 11.5 Å². The molecular weight excluding hydrogens is 630 g/mol. The molecule has 0 saturated heterocycles. The molecule has 0 bridgehead atoms. The first kappa shape index (κ1) is 33.0. The van der Waals surface area contributed by atoms with Gasteiger partial charge in [-0.2, -0.15) is 0 Å². The molecule has 8 nitrogen and oxygen atoms in total. The molecule has 1 aliphatic heterocycles. The Labute approximate surface area is 290 Å². The maximum absolute atomic E-state index is 14.0. The van der Waals surface area contributed by atoms with Crippen molar-refractivity contribution in [3.8, 4) is 11.5 Å². The van der Waals surface area contributed by atoms with E-state index < -0.39 is 23.8 Å². The molecular formula is C42H39NO7. The van der Waals surface area contributed by atoms with Gasteiger partial charge in [-0.05, 0) is 81.8 Å². The maximum atomic E-state index is 14.0. The molecule has 0 fully saturated rings. The fourth-order valence-electron chi connectivity index (χ4n) is 6.91. The normalized spacial score (nSPS) is 13.0. The van der Waals surface area contributed by atoms with E-state index in [0.29, 0.717) is 62.4 Å². The van der Waals surface area contributed by atoms with E-state index in [0.717, 1.165) is 34.6 Å². The molecule has 0 radical (unpaired) electrons. The summed E-state index contributed by atoms with van der Waals surface area (Å²) in [6, 6.07) is 20.1. The predicted molar refractivity (Wildman–Crippen MR) is 195 cm³/mol. The zero-order valence-electron chi connectivity index (χ0n) is 29.0. The second-order valence-corrected chi connectivity index (χ2v) is 13.9. The largest absolute Gasteiger partial charge is 0.462 e. The Morgan fingerprint density at radius 3 is 1.78 bits per heavy atom. The van der Waals surface area contributed by atoms with Crippen LogP contribution < -0.4 is 10.1 Å². The number of hydrogen-bond acceptors (Lipinski definition) is 7. The molecule has 0 aromatic heterocycles. The summed E-state index contributed by atoms with van der Waals surface area (Å²) in [5.74, 6) is -1.11. The highest BCUT2D eigenvalue weighted by Gasteiger charge is 2.31. The van der Waals surface area contributed by atoms with Crippen LogP contribution in [0.15, 0.2) is 66.7 Å². The minimum atomic E-state index is -0.573. The molecule has 1 aliphatic rings. The van der Waals surface area contributed by atoms with Crippen LogP contribution in [-0.2, 0) is 14.9 Å². The Morgan fingerprint density at radius 1 is 0.620 bits per heavy atom. The molecule has 1 N–H and O–H groups in total. The van der Waals surface area contributed by atoms with Crippen molar-refractivity contribution in [3.05, 3.63) is 94.5 Å². The third-order valence-electron chi connectivity index (χ3n) is 9.53. The van der Waals surface area contributed by atoms with Gasteiger partial charge in [-0.3, -0.25) is 14.9 Å². The summed E-state index contributed by atoms with van der Waals surface area (Å²) in [6.45, 7) is 10.9. The van der Waals surface area contributed by atoms with Crippen molar-refractivity contribution in [1.82, 2.24) is 5.32 Å². The van der Waals surface area contributed by atoms with Gasteiger partial charge in [0, 0.05) is 32.7 Å². The Kier molecular flexibility index (Phi) is 8.42. The van der Waals surface area contributed by atoms with Crippen LogP contribution in [0.5, 0.6) is 11.5 Å². The van der Waals surface area contributed by atoms with E-state index in [1.165, 1.54) is 0 Å². The lowest BCUT2D eigenvalue weighted by Crippen LogP contribution is -2.34. The number of nitrogens with one attached hydrogen (secondary N) is 1. The zero-order chi connectivity index (χ0) is 35.3. The van der Waals surface area contributed by atoms with E-state index in [1.807, 2.05) is 56.3 Å². The minimum Gasteiger partial charge on any atom is -0.462 e. The van der Waals surface area contributed by atoms with Crippen LogP contribution >= 0.6 is 0 Å². The van der Waals surface area contributed by atoms with Crippen molar-refractivity contribution in [2.24, 2.45) is 0 Å². The van der Waals surface area contributed by atoms with Gasteiger partial charge in [0.25, 0.3) is 11.8 Å². The summed E-state index contributed by atoms with van der Waals surface area (Å²) >= 11 is 0. The predicted octanol–water partition coefficient (Wildman–Crippen LogP) is 9.62. The molecule has 0 atom stereocenters. The van der Waals surface area contributed by atoms with Crippen LogP contribution in [0.25, 0.3) is 43.1 Å². The molecule has 0 saturated carbocycles. The lowest BCUT2D eigenvalue weighted by molar-refractivity contribution is 0.0500. The monoisotopic (exact) mass is 669 g/mol. The first-order valence-electron chi connectivity index (χ1n) is 17.3. The van der Waals surface area contributed by atoms with Gasteiger partial charge in [-0.15, -0.1) is 0 Å². The van der Waals surface area contributed by atoms with Crippen molar-refractivity contribution in [2.75, 3.05) is 13.2 Å². The smallest absolute Gasteiger partial charge is 0.338 e. The molecule has 254 valence electrons. The first-order valence-corrected chi connectivity index (χ1v) is 17.3. The van der Waals surface area contributed by atoms with Crippen molar-refractivity contribution in [2.45, 2.75) is 65.7 Å². The molecule has 6 aromatic carbocycles. The standard InChI is InChI=1S/C42H39NO7/c1-6-8-20-48-40(46)30-19-15-26-25-14-17-28-34-29(39(45)43-38(28)44)18-16-27(33(25)34)36-32(50-24-12-10-23(11-13-24)42(3,4)5)22-31(35(30)37(26)36)41(47)49-21-9-7-2/h10-19,22H,6-9,20-21H2,1-5H3,(H,43,44,45). The number of esters is 2. The molecule has 0 aliphatic carbocycles. The van der Waals surface area contributed by atoms with E-state index in [9.17, 15) is 19.2 Å². The number of ether oxygens (including phenoxy) is 3. The Balaban J connectivity index is 1.59. The van der Waals surface area contributed by atoms with Crippen molar-refractivity contribution >= 4 is 66.8 Å². The van der Waals surface area contributed by atoms with E-state index in [1.54, 1.807) is 24.3 Å². The average Bonchev–Trinajstić information content (AvgIpc) is 3.09. The van der Waals surface area contributed by atoms with E-state index in [2.05, 4.69) is 26.1 Å². The Bertz CT molecular complexity index is 2330. The van der Waals surface area contributed by atoms with Crippen molar-refractivity contribution in [3.63, 3.8) is 0 Å². The molecule has 8 heteroatoms. The summed E-state index contributed by atoms with van der Waals surface area (Å²) in [7, 11) is 0. The first-order chi connectivity index (χ1) is 24.0. The summed E-state index contributed by atoms with van der Waals surface area (Å²) in [5, 5.41) is 7.60. The third kappa shape index (κ3) is 5.49. The van der Waals surface area contributed by atoms with Gasteiger partial charge in [-0.1, -0.05) is 77.8 Å². The summed E-state index contributed by atoms with van der Waals surface area (Å²) < 4.78 is 18.2. The van der Waals surface area contributed by atoms with E-state index in [-0.39, 0.29) is 29.8 Å². The van der Waals surface area contributed by atoms with Crippen LogP contribution in [0.1, 0.15) is 107 Å². The van der Waals surface area contributed by atoms with Crippen LogP contribution in [0.2, 0.25) is 0 Å². The maximum Gasteiger partial charge on any atom is 0.338 e. The number of carbonyl (C=O) groups is 4. The summed E-state index contributed by atoms with van der Waals surface area (Å²) in [5.41, 5.74) is 2.29. The quantitative estimate of drug-likeness (QED) is 0.0509. The number of hydrogen-bond donors (Lipinski definition) is 1.